The van der Waals surface area contributed by atoms with Gasteiger partial charge in [-0.3, -0.25) is 4.90 Å². The third kappa shape index (κ3) is 4.60. The topological polar surface area (TPSA) is 26.7 Å². The molecule has 1 N–H and O–H groups in total. The van der Waals surface area contributed by atoms with Crippen LogP contribution in [-0.4, -0.2) is 54.2 Å². The summed E-state index contributed by atoms with van der Waals surface area (Å²) in [6.45, 7) is 4.34. The summed E-state index contributed by atoms with van der Waals surface area (Å²) in [4.78, 5) is 4.85. The number of likely N-dealkylation sites (N-methyl/N-ethyl adjacent to an activating group) is 1. The molecule has 0 radical (unpaired) electrons. The third-order valence-electron chi connectivity index (χ3n) is 3.98. The SMILES string of the molecule is CN(CCO)CC1CCCCN1Cc1ccccc1. The average molecular weight is 262 g/mol. The molecule has 1 aliphatic heterocycles. The van der Waals surface area contributed by atoms with Crippen molar-refractivity contribution in [3.8, 4) is 0 Å². The van der Waals surface area contributed by atoms with Gasteiger partial charge in [-0.15, -0.1) is 0 Å². The number of aliphatic hydroxyl groups is 1. The smallest absolute Gasteiger partial charge is 0.0558 e. The van der Waals surface area contributed by atoms with Gasteiger partial charge in [-0.05, 0) is 32.0 Å². The Morgan fingerprint density at radius 3 is 2.79 bits per heavy atom. The van der Waals surface area contributed by atoms with Crippen molar-refractivity contribution in [2.45, 2.75) is 31.8 Å². The second-order valence-electron chi connectivity index (χ2n) is 5.59. The Balaban J connectivity index is 1.92. The van der Waals surface area contributed by atoms with Crippen molar-refractivity contribution in [1.29, 1.82) is 0 Å². The first-order valence-corrected chi connectivity index (χ1v) is 7.37. The highest BCUT2D eigenvalue weighted by Crippen LogP contribution is 2.20. The lowest BCUT2D eigenvalue weighted by atomic mass is 10.0. The Hall–Kier alpha value is -0.900. The van der Waals surface area contributed by atoms with Crippen molar-refractivity contribution in [2.24, 2.45) is 0 Å². The molecule has 1 unspecified atom stereocenters. The van der Waals surface area contributed by atoms with Crippen LogP contribution in [0.1, 0.15) is 24.8 Å². The van der Waals surface area contributed by atoms with E-state index in [1.807, 2.05) is 0 Å². The predicted molar refractivity (Wildman–Crippen MR) is 79.1 cm³/mol. The Kier molecular flexibility index (Phi) is 5.83. The highest BCUT2D eigenvalue weighted by Gasteiger charge is 2.23. The van der Waals surface area contributed by atoms with Crippen LogP contribution in [0, 0.1) is 0 Å². The van der Waals surface area contributed by atoms with Crippen molar-refractivity contribution < 1.29 is 5.11 Å². The van der Waals surface area contributed by atoms with E-state index in [0.29, 0.717) is 6.04 Å². The number of piperidine rings is 1. The Labute approximate surface area is 116 Å². The number of benzene rings is 1. The first-order chi connectivity index (χ1) is 9.29. The summed E-state index contributed by atoms with van der Waals surface area (Å²) in [5.41, 5.74) is 1.40. The molecule has 0 aliphatic carbocycles. The van der Waals surface area contributed by atoms with Gasteiger partial charge in [-0.2, -0.15) is 0 Å². The molecule has 1 heterocycles. The van der Waals surface area contributed by atoms with Crippen molar-refractivity contribution in [1.82, 2.24) is 9.80 Å². The largest absolute Gasteiger partial charge is 0.395 e. The summed E-state index contributed by atoms with van der Waals surface area (Å²) >= 11 is 0. The second-order valence-corrected chi connectivity index (χ2v) is 5.59. The van der Waals surface area contributed by atoms with Gasteiger partial charge in [0.15, 0.2) is 0 Å². The van der Waals surface area contributed by atoms with Gasteiger partial charge in [0.05, 0.1) is 6.61 Å². The van der Waals surface area contributed by atoms with Crippen molar-refractivity contribution in [3.63, 3.8) is 0 Å². The lowest BCUT2D eigenvalue weighted by molar-refractivity contribution is 0.0996. The molecule has 3 heteroatoms. The predicted octanol–water partition coefficient (Wildman–Crippen LogP) is 1.97. The van der Waals surface area contributed by atoms with E-state index in [1.54, 1.807) is 0 Å². The first-order valence-electron chi connectivity index (χ1n) is 7.37. The maximum Gasteiger partial charge on any atom is 0.0558 e. The molecule has 1 aliphatic rings. The molecule has 1 aromatic rings. The number of aliphatic hydroxyl groups excluding tert-OH is 1. The number of nitrogens with zero attached hydrogens (tertiary/aromatic N) is 2. The molecule has 1 fully saturated rings. The van der Waals surface area contributed by atoms with E-state index in [4.69, 9.17) is 5.11 Å². The zero-order valence-corrected chi connectivity index (χ0v) is 12.0. The lowest BCUT2D eigenvalue weighted by Crippen LogP contribution is -2.45. The van der Waals surface area contributed by atoms with Gasteiger partial charge in [0.25, 0.3) is 0 Å². The fourth-order valence-electron chi connectivity index (χ4n) is 2.91. The number of hydrogen-bond donors (Lipinski definition) is 1. The fraction of sp³-hybridized carbons (Fsp3) is 0.625. The van der Waals surface area contributed by atoms with Crippen LogP contribution in [0.2, 0.25) is 0 Å². The van der Waals surface area contributed by atoms with Gasteiger partial charge in [-0.1, -0.05) is 36.8 Å². The number of rotatable bonds is 6. The average Bonchev–Trinajstić information content (AvgIpc) is 2.42. The molecule has 19 heavy (non-hydrogen) atoms. The van der Waals surface area contributed by atoms with Crippen LogP contribution in [0.5, 0.6) is 0 Å². The third-order valence-corrected chi connectivity index (χ3v) is 3.98. The minimum Gasteiger partial charge on any atom is -0.395 e. The maximum absolute atomic E-state index is 9.01. The summed E-state index contributed by atoms with van der Waals surface area (Å²) in [6.07, 6.45) is 3.93. The van der Waals surface area contributed by atoms with E-state index >= 15 is 0 Å². The van der Waals surface area contributed by atoms with Gasteiger partial charge in [0.2, 0.25) is 0 Å². The minimum atomic E-state index is 0.252. The summed E-state index contributed by atoms with van der Waals surface area (Å²) in [5, 5.41) is 9.01. The molecule has 3 nitrogen and oxygen atoms in total. The quantitative estimate of drug-likeness (QED) is 0.849. The zero-order chi connectivity index (χ0) is 13.5. The molecule has 1 saturated heterocycles. The number of likely N-dealkylation sites (tertiary alicyclic amines) is 1. The first kappa shape index (κ1) is 14.5. The molecule has 1 atom stereocenters. The van der Waals surface area contributed by atoms with Crippen LogP contribution in [0.3, 0.4) is 0 Å². The molecule has 0 aromatic heterocycles. The number of hydrogen-bond acceptors (Lipinski definition) is 3. The molecule has 106 valence electrons. The van der Waals surface area contributed by atoms with Crippen LogP contribution < -0.4 is 0 Å². The van der Waals surface area contributed by atoms with Gasteiger partial charge < -0.3 is 10.0 Å². The van der Waals surface area contributed by atoms with Gasteiger partial charge in [-0.25, -0.2) is 0 Å². The van der Waals surface area contributed by atoms with Crippen molar-refractivity contribution >= 4 is 0 Å². The second kappa shape index (κ2) is 7.63. The van der Waals surface area contributed by atoms with E-state index in [1.165, 1.54) is 31.4 Å². The van der Waals surface area contributed by atoms with E-state index < -0.39 is 0 Å². The molecular formula is C16H26N2O. The van der Waals surface area contributed by atoms with Gasteiger partial charge in [0, 0.05) is 25.7 Å². The molecule has 2 rings (SSSR count). The zero-order valence-electron chi connectivity index (χ0n) is 12.0. The molecular weight excluding hydrogens is 236 g/mol. The standard InChI is InChI=1S/C16H26N2O/c1-17(11-12-19)14-16-9-5-6-10-18(16)13-15-7-3-2-4-8-15/h2-4,7-8,16,19H,5-6,9-14H2,1H3. The van der Waals surface area contributed by atoms with Crippen LogP contribution in [0.15, 0.2) is 30.3 Å². The van der Waals surface area contributed by atoms with Crippen LogP contribution >= 0.6 is 0 Å². The maximum atomic E-state index is 9.01. The van der Waals surface area contributed by atoms with Crippen LogP contribution in [-0.2, 0) is 6.54 Å². The molecule has 0 saturated carbocycles. The summed E-state index contributed by atoms with van der Waals surface area (Å²) in [7, 11) is 2.10. The summed E-state index contributed by atoms with van der Waals surface area (Å²) < 4.78 is 0. The van der Waals surface area contributed by atoms with E-state index in [9.17, 15) is 0 Å². The molecule has 0 amide bonds. The highest BCUT2D eigenvalue weighted by molar-refractivity contribution is 5.14. The normalized spacial score (nSPS) is 20.9. The van der Waals surface area contributed by atoms with Crippen molar-refractivity contribution in [3.05, 3.63) is 35.9 Å². The Bertz CT molecular complexity index is 355. The van der Waals surface area contributed by atoms with Gasteiger partial charge in [0.1, 0.15) is 0 Å². The summed E-state index contributed by atoms with van der Waals surface area (Å²) in [6, 6.07) is 11.4. The Morgan fingerprint density at radius 1 is 1.26 bits per heavy atom. The molecule has 0 spiro atoms. The van der Waals surface area contributed by atoms with Gasteiger partial charge >= 0.3 is 0 Å². The lowest BCUT2D eigenvalue weighted by Gasteiger charge is -2.37. The minimum absolute atomic E-state index is 0.252. The van der Waals surface area contributed by atoms with Crippen LogP contribution in [0.4, 0.5) is 0 Å². The monoisotopic (exact) mass is 262 g/mol. The van der Waals surface area contributed by atoms with E-state index in [-0.39, 0.29) is 6.61 Å². The summed E-state index contributed by atoms with van der Waals surface area (Å²) in [5.74, 6) is 0. The Morgan fingerprint density at radius 2 is 2.05 bits per heavy atom. The van der Waals surface area contributed by atoms with E-state index in [0.717, 1.165) is 19.6 Å². The van der Waals surface area contributed by atoms with E-state index in [2.05, 4.69) is 47.2 Å². The molecule has 0 bridgehead atoms. The van der Waals surface area contributed by atoms with Crippen molar-refractivity contribution in [2.75, 3.05) is 33.3 Å². The fourth-order valence-corrected chi connectivity index (χ4v) is 2.91. The van der Waals surface area contributed by atoms with Crippen LogP contribution in [0.25, 0.3) is 0 Å². The molecule has 1 aromatic carbocycles. The highest BCUT2D eigenvalue weighted by atomic mass is 16.3.